The molecule has 1 fully saturated rings. The maximum atomic E-state index is 12.5. The number of likely N-dealkylation sites (tertiary alicyclic amines) is 1. The van der Waals surface area contributed by atoms with Crippen molar-refractivity contribution in [2.24, 2.45) is 5.73 Å². The molecule has 0 aliphatic carbocycles. The van der Waals surface area contributed by atoms with Gasteiger partial charge in [-0.05, 0) is 69.3 Å². The summed E-state index contributed by atoms with van der Waals surface area (Å²) >= 11 is 0. The molecular formula is C24H32N2O2. The highest BCUT2D eigenvalue weighted by molar-refractivity contribution is 5.90. The summed E-state index contributed by atoms with van der Waals surface area (Å²) in [6.07, 6.45) is 1.96. The number of ketones is 1. The lowest BCUT2D eigenvalue weighted by Gasteiger charge is -2.50. The molecule has 1 heterocycles. The first-order valence-electron chi connectivity index (χ1n) is 10.1. The fourth-order valence-electron chi connectivity index (χ4n) is 4.34. The first-order chi connectivity index (χ1) is 13.3. The molecule has 150 valence electrons. The second kappa shape index (κ2) is 8.16. The topological polar surface area (TPSA) is 66.6 Å². The molecule has 0 spiro atoms. The first kappa shape index (κ1) is 20.7. The molecule has 1 unspecified atom stereocenters. The van der Waals surface area contributed by atoms with Crippen LogP contribution in [0.25, 0.3) is 11.1 Å². The SMILES string of the molecule is CC(C)(N)C(C)(C(=O)CO)N1CCC(c2ccc(-c3ccccc3)cc2)CC1. The van der Waals surface area contributed by atoms with Gasteiger partial charge in [-0.25, -0.2) is 0 Å². The maximum Gasteiger partial charge on any atom is 0.179 e. The van der Waals surface area contributed by atoms with Gasteiger partial charge in [0.1, 0.15) is 6.61 Å². The van der Waals surface area contributed by atoms with Crippen LogP contribution in [0.3, 0.4) is 0 Å². The van der Waals surface area contributed by atoms with Crippen LogP contribution in [-0.2, 0) is 4.79 Å². The van der Waals surface area contributed by atoms with E-state index in [0.717, 1.165) is 25.9 Å². The van der Waals surface area contributed by atoms with Crippen molar-refractivity contribution in [2.75, 3.05) is 19.7 Å². The van der Waals surface area contributed by atoms with Gasteiger partial charge in [-0.15, -0.1) is 0 Å². The van der Waals surface area contributed by atoms with Gasteiger partial charge < -0.3 is 10.8 Å². The van der Waals surface area contributed by atoms with Crippen LogP contribution in [0.2, 0.25) is 0 Å². The molecule has 3 N–H and O–H groups in total. The summed E-state index contributed by atoms with van der Waals surface area (Å²) in [5.74, 6) is 0.279. The van der Waals surface area contributed by atoms with Crippen LogP contribution in [0.5, 0.6) is 0 Å². The Bertz CT molecular complexity index is 788. The molecule has 1 aliphatic rings. The molecule has 4 heteroatoms. The molecule has 2 aromatic rings. The van der Waals surface area contributed by atoms with Crippen molar-refractivity contribution in [2.45, 2.75) is 50.6 Å². The molecule has 0 saturated carbocycles. The zero-order valence-corrected chi connectivity index (χ0v) is 17.2. The van der Waals surface area contributed by atoms with Gasteiger partial charge in [0, 0.05) is 5.54 Å². The van der Waals surface area contributed by atoms with E-state index in [4.69, 9.17) is 5.73 Å². The van der Waals surface area contributed by atoms with Crippen molar-refractivity contribution in [3.05, 3.63) is 60.2 Å². The molecule has 1 atom stereocenters. The second-order valence-electron chi connectivity index (χ2n) is 8.62. The van der Waals surface area contributed by atoms with Gasteiger partial charge in [0.15, 0.2) is 5.78 Å². The van der Waals surface area contributed by atoms with Gasteiger partial charge >= 0.3 is 0 Å². The summed E-state index contributed by atoms with van der Waals surface area (Å²) in [6.45, 7) is 6.74. The number of aliphatic hydroxyl groups excluding tert-OH is 1. The van der Waals surface area contributed by atoms with Crippen molar-refractivity contribution < 1.29 is 9.90 Å². The number of benzene rings is 2. The quantitative estimate of drug-likeness (QED) is 0.804. The van der Waals surface area contributed by atoms with Crippen LogP contribution in [0.1, 0.15) is 45.1 Å². The van der Waals surface area contributed by atoms with Gasteiger partial charge in [0.25, 0.3) is 0 Å². The summed E-state index contributed by atoms with van der Waals surface area (Å²) in [5, 5.41) is 9.48. The van der Waals surface area contributed by atoms with Crippen LogP contribution >= 0.6 is 0 Å². The summed E-state index contributed by atoms with van der Waals surface area (Å²) in [7, 11) is 0. The van der Waals surface area contributed by atoms with E-state index in [0.29, 0.717) is 5.92 Å². The molecule has 0 aromatic heterocycles. The van der Waals surface area contributed by atoms with E-state index in [-0.39, 0.29) is 5.78 Å². The minimum Gasteiger partial charge on any atom is -0.389 e. The summed E-state index contributed by atoms with van der Waals surface area (Å²) in [4.78, 5) is 14.7. The van der Waals surface area contributed by atoms with Crippen molar-refractivity contribution in [3.8, 4) is 11.1 Å². The molecule has 4 nitrogen and oxygen atoms in total. The Morgan fingerprint density at radius 3 is 2.04 bits per heavy atom. The van der Waals surface area contributed by atoms with E-state index in [1.54, 1.807) is 0 Å². The van der Waals surface area contributed by atoms with Crippen LogP contribution in [0.4, 0.5) is 0 Å². The number of hydrogen-bond donors (Lipinski definition) is 2. The van der Waals surface area contributed by atoms with Crippen molar-refractivity contribution >= 4 is 5.78 Å². The van der Waals surface area contributed by atoms with Crippen molar-refractivity contribution in [1.82, 2.24) is 4.90 Å². The Morgan fingerprint density at radius 2 is 1.54 bits per heavy atom. The second-order valence-corrected chi connectivity index (χ2v) is 8.62. The van der Waals surface area contributed by atoms with E-state index >= 15 is 0 Å². The van der Waals surface area contributed by atoms with Crippen LogP contribution in [0, 0.1) is 0 Å². The van der Waals surface area contributed by atoms with E-state index < -0.39 is 17.7 Å². The Balaban J connectivity index is 1.70. The van der Waals surface area contributed by atoms with Gasteiger partial charge in [-0.1, -0.05) is 54.6 Å². The largest absolute Gasteiger partial charge is 0.389 e. The summed E-state index contributed by atoms with van der Waals surface area (Å²) in [5.41, 5.74) is 8.59. The molecule has 1 saturated heterocycles. The average Bonchev–Trinajstić information content (AvgIpc) is 2.72. The number of hydrogen-bond acceptors (Lipinski definition) is 4. The molecule has 2 aromatic carbocycles. The highest BCUT2D eigenvalue weighted by atomic mass is 16.3. The Hall–Kier alpha value is -2.01. The fourth-order valence-corrected chi connectivity index (χ4v) is 4.34. The number of Topliss-reactive ketones (excluding diaryl/α,β-unsaturated/α-hetero) is 1. The molecule has 1 aliphatic heterocycles. The number of nitrogens with zero attached hydrogens (tertiary/aromatic N) is 1. The van der Waals surface area contributed by atoms with Gasteiger partial charge in [0.2, 0.25) is 0 Å². The summed E-state index contributed by atoms with van der Waals surface area (Å²) < 4.78 is 0. The van der Waals surface area contributed by atoms with Crippen molar-refractivity contribution in [1.29, 1.82) is 0 Å². The number of carbonyl (C=O) groups excluding carboxylic acids is 1. The molecule has 3 rings (SSSR count). The normalized spacial score (nSPS) is 18.6. The zero-order chi connectivity index (χ0) is 20.4. The minimum atomic E-state index is -0.857. The highest BCUT2D eigenvalue weighted by Gasteiger charge is 2.49. The lowest BCUT2D eigenvalue weighted by Crippen LogP contribution is -2.70. The standard InChI is InChI=1S/C24H32N2O2/c1-23(2,25)24(3,22(28)17-27)26-15-13-21(14-16-26)20-11-9-19(10-12-20)18-7-5-4-6-8-18/h4-12,21,27H,13-17,25H2,1-3H3. The average molecular weight is 381 g/mol. The Kier molecular flexibility index (Phi) is 6.04. The monoisotopic (exact) mass is 380 g/mol. The Labute approximate surface area is 168 Å². The summed E-state index contributed by atoms with van der Waals surface area (Å²) in [6, 6.07) is 19.2. The molecule has 0 radical (unpaired) electrons. The third-order valence-corrected chi connectivity index (χ3v) is 6.56. The molecule has 0 bridgehead atoms. The number of aliphatic hydroxyl groups is 1. The third-order valence-electron chi connectivity index (χ3n) is 6.56. The predicted molar refractivity (Wildman–Crippen MR) is 114 cm³/mol. The van der Waals surface area contributed by atoms with E-state index in [1.807, 2.05) is 26.8 Å². The first-order valence-corrected chi connectivity index (χ1v) is 10.1. The Morgan fingerprint density at radius 1 is 1.00 bits per heavy atom. The lowest BCUT2D eigenvalue weighted by molar-refractivity contribution is -0.138. The molecular weight excluding hydrogens is 348 g/mol. The van der Waals surface area contributed by atoms with Crippen LogP contribution < -0.4 is 5.73 Å². The predicted octanol–water partition coefficient (Wildman–Crippen LogP) is 3.59. The fraction of sp³-hybridized carbons (Fsp3) is 0.458. The zero-order valence-electron chi connectivity index (χ0n) is 17.2. The van der Waals surface area contributed by atoms with Crippen LogP contribution in [-0.4, -0.2) is 46.6 Å². The van der Waals surface area contributed by atoms with Gasteiger partial charge in [-0.3, -0.25) is 9.69 Å². The maximum absolute atomic E-state index is 12.5. The van der Waals surface area contributed by atoms with Crippen LogP contribution in [0.15, 0.2) is 54.6 Å². The smallest absolute Gasteiger partial charge is 0.179 e. The number of carbonyl (C=O) groups is 1. The van der Waals surface area contributed by atoms with E-state index in [2.05, 4.69) is 53.4 Å². The molecule has 0 amide bonds. The number of rotatable bonds is 6. The molecule has 28 heavy (non-hydrogen) atoms. The minimum absolute atomic E-state index is 0.203. The van der Waals surface area contributed by atoms with Gasteiger partial charge in [-0.2, -0.15) is 0 Å². The number of piperidine rings is 1. The van der Waals surface area contributed by atoms with E-state index in [9.17, 15) is 9.90 Å². The number of nitrogens with two attached hydrogens (primary N) is 1. The highest BCUT2D eigenvalue weighted by Crippen LogP contribution is 2.36. The third kappa shape index (κ3) is 3.90. The van der Waals surface area contributed by atoms with E-state index in [1.165, 1.54) is 16.7 Å². The lowest BCUT2D eigenvalue weighted by atomic mass is 9.75. The van der Waals surface area contributed by atoms with Crippen molar-refractivity contribution in [3.63, 3.8) is 0 Å². The van der Waals surface area contributed by atoms with Gasteiger partial charge in [0.05, 0.1) is 5.54 Å².